The fourth-order valence-electron chi connectivity index (χ4n) is 1.35. The number of aromatic nitrogens is 1. The average molecular weight is 404 g/mol. The average Bonchev–Trinajstić information content (AvgIpc) is 2.33. The summed E-state index contributed by atoms with van der Waals surface area (Å²) in [6.07, 6.45) is 1.66. The molecule has 0 aliphatic heterocycles. The number of benzene rings is 1. The molecule has 17 heavy (non-hydrogen) atoms. The van der Waals surface area contributed by atoms with Crippen molar-refractivity contribution in [1.82, 2.24) is 4.98 Å². The lowest BCUT2D eigenvalue weighted by atomic mass is 10.2. The molecule has 0 radical (unpaired) electrons. The molecule has 0 unspecified atom stereocenters. The van der Waals surface area contributed by atoms with Gasteiger partial charge in [-0.2, -0.15) is 0 Å². The van der Waals surface area contributed by atoms with Crippen LogP contribution in [0.3, 0.4) is 0 Å². The first-order valence-corrected chi connectivity index (χ1v) is 6.88. The van der Waals surface area contributed by atoms with Crippen molar-refractivity contribution in [1.29, 1.82) is 0 Å². The smallest absolute Gasteiger partial charge is 0.145 e. The van der Waals surface area contributed by atoms with E-state index in [1.165, 1.54) is 3.57 Å². The van der Waals surface area contributed by atoms with Crippen LogP contribution in [0.4, 0.5) is 17.2 Å². The van der Waals surface area contributed by atoms with E-state index < -0.39 is 0 Å². The second-order valence-electron chi connectivity index (χ2n) is 3.63. The van der Waals surface area contributed by atoms with E-state index in [-0.39, 0.29) is 0 Å². The standard InChI is InChI=1S/C12H11BrIN3/c1-7-10(15)6-16-12(11(7)13)17-9-4-2-8(14)3-5-9/h2-6H,15H2,1H3,(H,16,17). The fourth-order valence-corrected chi connectivity index (χ4v) is 2.14. The quantitative estimate of drug-likeness (QED) is 0.742. The topological polar surface area (TPSA) is 50.9 Å². The number of hydrogen-bond acceptors (Lipinski definition) is 3. The molecule has 0 spiro atoms. The van der Waals surface area contributed by atoms with E-state index in [4.69, 9.17) is 5.73 Å². The fraction of sp³-hybridized carbons (Fsp3) is 0.0833. The Balaban J connectivity index is 2.30. The van der Waals surface area contributed by atoms with Crippen molar-refractivity contribution < 1.29 is 0 Å². The number of anilines is 3. The molecule has 0 saturated heterocycles. The monoisotopic (exact) mass is 403 g/mol. The van der Waals surface area contributed by atoms with Crippen molar-refractivity contribution >= 4 is 55.7 Å². The number of hydrogen-bond donors (Lipinski definition) is 2. The third-order valence-corrected chi connectivity index (χ3v) is 4.10. The number of halogens is 2. The molecule has 2 rings (SSSR count). The van der Waals surface area contributed by atoms with Crippen molar-refractivity contribution in [3.8, 4) is 0 Å². The summed E-state index contributed by atoms with van der Waals surface area (Å²) in [5.41, 5.74) is 8.46. The van der Waals surface area contributed by atoms with Crippen LogP contribution in [0.5, 0.6) is 0 Å². The van der Waals surface area contributed by atoms with E-state index in [0.29, 0.717) is 5.69 Å². The number of nitrogens with two attached hydrogens (primary N) is 1. The molecule has 0 aliphatic carbocycles. The van der Waals surface area contributed by atoms with E-state index in [0.717, 1.165) is 21.5 Å². The van der Waals surface area contributed by atoms with Crippen LogP contribution in [-0.4, -0.2) is 4.98 Å². The highest BCUT2D eigenvalue weighted by molar-refractivity contribution is 14.1. The Morgan fingerprint density at radius 2 is 1.94 bits per heavy atom. The highest BCUT2D eigenvalue weighted by Crippen LogP contribution is 2.29. The molecule has 0 amide bonds. The first kappa shape index (κ1) is 12.6. The van der Waals surface area contributed by atoms with Crippen LogP contribution in [0.1, 0.15) is 5.56 Å². The number of nitrogen functional groups attached to an aromatic ring is 1. The predicted octanol–water partition coefficient (Wildman–Crippen LogP) is 4.08. The molecule has 1 aromatic carbocycles. The van der Waals surface area contributed by atoms with Gasteiger partial charge >= 0.3 is 0 Å². The van der Waals surface area contributed by atoms with Gasteiger partial charge in [0.15, 0.2) is 0 Å². The Labute approximate surface area is 122 Å². The third kappa shape index (κ3) is 2.90. The second-order valence-corrected chi connectivity index (χ2v) is 5.67. The Hall–Kier alpha value is -0.820. The van der Waals surface area contributed by atoms with Gasteiger partial charge in [-0.3, -0.25) is 0 Å². The molecule has 88 valence electrons. The summed E-state index contributed by atoms with van der Waals surface area (Å²) >= 11 is 5.77. The minimum Gasteiger partial charge on any atom is -0.397 e. The van der Waals surface area contributed by atoms with Crippen molar-refractivity contribution in [3.05, 3.63) is 44.1 Å². The molecular weight excluding hydrogens is 393 g/mol. The lowest BCUT2D eigenvalue weighted by Crippen LogP contribution is -1.99. The summed E-state index contributed by atoms with van der Waals surface area (Å²) in [4.78, 5) is 4.27. The van der Waals surface area contributed by atoms with Crippen molar-refractivity contribution in [2.24, 2.45) is 0 Å². The van der Waals surface area contributed by atoms with Crippen molar-refractivity contribution in [2.75, 3.05) is 11.1 Å². The summed E-state index contributed by atoms with van der Waals surface area (Å²) in [7, 11) is 0. The highest BCUT2D eigenvalue weighted by atomic mass is 127. The van der Waals surface area contributed by atoms with Gasteiger partial charge in [0.1, 0.15) is 5.82 Å². The SMILES string of the molecule is Cc1c(N)cnc(Nc2ccc(I)cc2)c1Br. The lowest BCUT2D eigenvalue weighted by Gasteiger charge is -2.10. The van der Waals surface area contributed by atoms with E-state index in [9.17, 15) is 0 Å². The highest BCUT2D eigenvalue weighted by Gasteiger charge is 2.07. The van der Waals surface area contributed by atoms with Crippen LogP contribution >= 0.6 is 38.5 Å². The summed E-state index contributed by atoms with van der Waals surface area (Å²) in [5.74, 6) is 0.776. The molecule has 0 saturated carbocycles. The van der Waals surface area contributed by atoms with Crippen molar-refractivity contribution in [3.63, 3.8) is 0 Å². The predicted molar refractivity (Wildman–Crippen MR) is 83.5 cm³/mol. The minimum absolute atomic E-state index is 0.685. The molecule has 2 aromatic rings. The van der Waals surface area contributed by atoms with Gasteiger partial charge in [0.05, 0.1) is 16.4 Å². The van der Waals surface area contributed by atoms with Crippen LogP contribution in [0.2, 0.25) is 0 Å². The Morgan fingerprint density at radius 3 is 2.59 bits per heavy atom. The molecule has 3 nitrogen and oxygen atoms in total. The van der Waals surface area contributed by atoms with Crippen LogP contribution in [0.15, 0.2) is 34.9 Å². The third-order valence-electron chi connectivity index (χ3n) is 2.41. The minimum atomic E-state index is 0.685. The maximum atomic E-state index is 5.78. The second kappa shape index (κ2) is 5.22. The Bertz CT molecular complexity index is 540. The Kier molecular flexibility index (Phi) is 3.88. The first-order chi connectivity index (χ1) is 8.08. The van der Waals surface area contributed by atoms with Crippen molar-refractivity contribution in [2.45, 2.75) is 6.92 Å². The molecule has 3 N–H and O–H groups in total. The number of nitrogens with zero attached hydrogens (tertiary/aromatic N) is 1. The molecule has 0 aliphatic rings. The summed E-state index contributed by atoms with van der Waals surface area (Å²) in [5, 5.41) is 3.25. The molecule has 0 atom stereocenters. The van der Waals surface area contributed by atoms with E-state index in [2.05, 4.69) is 48.8 Å². The van der Waals surface area contributed by atoms with Gasteiger partial charge in [-0.1, -0.05) is 0 Å². The molecular formula is C12H11BrIN3. The van der Waals surface area contributed by atoms with E-state index in [1.54, 1.807) is 6.20 Å². The van der Waals surface area contributed by atoms with E-state index in [1.807, 2.05) is 31.2 Å². The molecule has 1 aromatic heterocycles. The summed E-state index contributed by atoms with van der Waals surface area (Å²) < 4.78 is 2.10. The zero-order valence-electron chi connectivity index (χ0n) is 9.17. The molecule has 0 bridgehead atoms. The molecule has 0 fully saturated rings. The maximum Gasteiger partial charge on any atom is 0.145 e. The van der Waals surface area contributed by atoms with Gasteiger partial charge in [0.25, 0.3) is 0 Å². The Morgan fingerprint density at radius 1 is 1.29 bits per heavy atom. The van der Waals surface area contributed by atoms with E-state index >= 15 is 0 Å². The van der Waals surface area contributed by atoms with Gasteiger partial charge < -0.3 is 11.1 Å². The normalized spacial score (nSPS) is 10.3. The van der Waals surface area contributed by atoms with Crippen LogP contribution in [0.25, 0.3) is 0 Å². The van der Waals surface area contributed by atoms with Crippen LogP contribution < -0.4 is 11.1 Å². The summed E-state index contributed by atoms with van der Waals surface area (Å²) in [6, 6.07) is 8.12. The molecule has 1 heterocycles. The number of nitrogens with one attached hydrogen (secondary N) is 1. The number of rotatable bonds is 2. The number of pyridine rings is 1. The summed E-state index contributed by atoms with van der Waals surface area (Å²) in [6.45, 7) is 1.96. The van der Waals surface area contributed by atoms with Crippen LogP contribution in [0, 0.1) is 10.5 Å². The zero-order valence-corrected chi connectivity index (χ0v) is 12.9. The first-order valence-electron chi connectivity index (χ1n) is 5.01. The van der Waals surface area contributed by atoms with Crippen LogP contribution in [-0.2, 0) is 0 Å². The maximum absolute atomic E-state index is 5.78. The molecule has 5 heteroatoms. The lowest BCUT2D eigenvalue weighted by molar-refractivity contribution is 1.25. The van der Waals surface area contributed by atoms with Gasteiger partial charge in [0, 0.05) is 9.26 Å². The largest absolute Gasteiger partial charge is 0.397 e. The van der Waals surface area contributed by atoms with Gasteiger partial charge in [-0.25, -0.2) is 4.98 Å². The zero-order chi connectivity index (χ0) is 12.4. The van der Waals surface area contributed by atoms with Gasteiger partial charge in [0.2, 0.25) is 0 Å². The van der Waals surface area contributed by atoms with Gasteiger partial charge in [-0.15, -0.1) is 0 Å². The van der Waals surface area contributed by atoms with Gasteiger partial charge in [-0.05, 0) is 75.3 Å².